The van der Waals surface area contributed by atoms with Gasteiger partial charge in [0, 0.05) is 5.70 Å². The molecule has 0 unspecified atom stereocenters. The number of carbonyl (C=O) groups excluding carboxylic acids is 1. The summed E-state index contributed by atoms with van der Waals surface area (Å²) < 4.78 is 45.5. The van der Waals surface area contributed by atoms with Crippen molar-refractivity contribution >= 4 is 5.97 Å². The Balaban J connectivity index is 2.55. The van der Waals surface area contributed by atoms with Gasteiger partial charge in [-0.15, -0.1) is 10.1 Å². The Hall–Kier alpha value is -3.64. The van der Waals surface area contributed by atoms with Crippen LogP contribution in [0.3, 0.4) is 0 Å². The van der Waals surface area contributed by atoms with Crippen LogP contribution in [-0.2, 0) is 20.5 Å². The summed E-state index contributed by atoms with van der Waals surface area (Å²) in [5.41, 5.74) is -2.67. The molecule has 13 heteroatoms. The lowest BCUT2D eigenvalue weighted by Crippen LogP contribution is -2.33. The van der Waals surface area contributed by atoms with E-state index < -0.39 is 63.7 Å². The maximum absolute atomic E-state index is 13.6. The van der Waals surface area contributed by atoms with Gasteiger partial charge in [0.15, 0.2) is 0 Å². The molecule has 1 aliphatic rings. The minimum absolute atomic E-state index is 0.0345. The van der Waals surface area contributed by atoms with E-state index in [-0.39, 0.29) is 11.4 Å². The maximum Gasteiger partial charge on any atom is 0.416 e. The first-order valence-corrected chi connectivity index (χ1v) is 8.38. The van der Waals surface area contributed by atoms with Crippen molar-refractivity contribution in [1.82, 2.24) is 5.32 Å². The second-order valence-electron chi connectivity index (χ2n) is 6.14. The molecule has 0 amide bonds. The standard InChI is InChI=1S/C17H16F3N3O7/c1-9-13(16(24)29-7-8-30-23(27)28)14(15(22(25)26)10(2)21-9)11-5-3-4-6-12(11)17(18,19)20/h3-6,14,21H,7-8H2,1-2H3/t14-/m1/s1. The van der Waals surface area contributed by atoms with Crippen LogP contribution < -0.4 is 5.32 Å². The molecule has 1 N–H and O–H groups in total. The normalized spacial score (nSPS) is 16.8. The van der Waals surface area contributed by atoms with Crippen LogP contribution in [0.2, 0.25) is 0 Å². The zero-order valence-electron chi connectivity index (χ0n) is 15.7. The summed E-state index contributed by atoms with van der Waals surface area (Å²) >= 11 is 0. The summed E-state index contributed by atoms with van der Waals surface area (Å²) in [5.74, 6) is -2.84. The van der Waals surface area contributed by atoms with Crippen molar-refractivity contribution in [3.8, 4) is 0 Å². The third-order valence-corrected chi connectivity index (χ3v) is 4.23. The van der Waals surface area contributed by atoms with Crippen LogP contribution in [-0.4, -0.2) is 29.2 Å². The summed E-state index contributed by atoms with van der Waals surface area (Å²) in [6.07, 6.45) is -4.83. The van der Waals surface area contributed by atoms with E-state index in [4.69, 9.17) is 4.74 Å². The monoisotopic (exact) mass is 431 g/mol. The topological polar surface area (TPSA) is 134 Å². The lowest BCUT2D eigenvalue weighted by Gasteiger charge is -2.28. The molecule has 0 fully saturated rings. The second kappa shape index (κ2) is 8.80. The minimum atomic E-state index is -4.83. The third-order valence-electron chi connectivity index (χ3n) is 4.23. The van der Waals surface area contributed by atoms with Crippen molar-refractivity contribution in [1.29, 1.82) is 0 Å². The Labute approximate surface area is 167 Å². The predicted molar refractivity (Wildman–Crippen MR) is 93.6 cm³/mol. The molecule has 1 aromatic rings. The van der Waals surface area contributed by atoms with Gasteiger partial charge < -0.3 is 14.9 Å². The lowest BCUT2D eigenvalue weighted by atomic mass is 9.81. The van der Waals surface area contributed by atoms with Crippen molar-refractivity contribution < 1.29 is 37.6 Å². The highest BCUT2D eigenvalue weighted by Gasteiger charge is 2.45. The summed E-state index contributed by atoms with van der Waals surface area (Å²) in [6, 6.07) is 4.20. The number of carbonyl (C=O) groups is 1. The van der Waals surface area contributed by atoms with E-state index in [9.17, 15) is 38.2 Å². The van der Waals surface area contributed by atoms with Gasteiger partial charge in [0.1, 0.15) is 19.1 Å². The number of nitrogens with one attached hydrogen (secondary N) is 1. The molecule has 0 bridgehead atoms. The summed E-state index contributed by atoms with van der Waals surface area (Å²) in [4.78, 5) is 37.6. The van der Waals surface area contributed by atoms with Crippen molar-refractivity contribution in [3.05, 3.63) is 78.3 Å². The van der Waals surface area contributed by atoms with Crippen LogP contribution in [0, 0.1) is 20.2 Å². The number of halogens is 3. The van der Waals surface area contributed by atoms with E-state index in [2.05, 4.69) is 10.2 Å². The Morgan fingerprint density at radius 3 is 2.33 bits per heavy atom. The van der Waals surface area contributed by atoms with Crippen LogP contribution in [0.4, 0.5) is 13.2 Å². The highest BCUT2D eigenvalue weighted by molar-refractivity contribution is 5.92. The molecule has 1 heterocycles. The Morgan fingerprint density at radius 2 is 1.77 bits per heavy atom. The SMILES string of the molecule is CC1=C(C(=O)OCCO[N+](=O)[O-])[C@@H](c2ccccc2C(F)(F)F)C([N+](=O)[O-])=C(C)N1. The van der Waals surface area contributed by atoms with Gasteiger partial charge in [-0.3, -0.25) is 10.1 Å². The van der Waals surface area contributed by atoms with Gasteiger partial charge in [0.2, 0.25) is 0 Å². The summed E-state index contributed by atoms with van der Waals surface area (Å²) in [7, 11) is 0. The number of hydrogen-bond donors (Lipinski definition) is 1. The van der Waals surface area contributed by atoms with Gasteiger partial charge in [-0.2, -0.15) is 13.2 Å². The summed E-state index contributed by atoms with van der Waals surface area (Å²) in [6.45, 7) is 1.46. The summed E-state index contributed by atoms with van der Waals surface area (Å²) in [5, 5.41) is 23.3. The molecule has 0 radical (unpaired) electrons. The fourth-order valence-corrected chi connectivity index (χ4v) is 3.13. The van der Waals surface area contributed by atoms with Gasteiger partial charge in [-0.25, -0.2) is 4.79 Å². The molecule has 1 aliphatic heterocycles. The van der Waals surface area contributed by atoms with E-state index in [1.807, 2.05) is 0 Å². The number of nitrogens with zero attached hydrogens (tertiary/aromatic N) is 2. The Bertz CT molecular complexity index is 941. The number of esters is 1. The number of alkyl halides is 3. The largest absolute Gasteiger partial charge is 0.460 e. The van der Waals surface area contributed by atoms with E-state index in [1.54, 1.807) is 0 Å². The van der Waals surface area contributed by atoms with Gasteiger partial charge in [0.25, 0.3) is 10.8 Å². The number of nitro groups is 1. The Morgan fingerprint density at radius 1 is 1.13 bits per heavy atom. The molecule has 30 heavy (non-hydrogen) atoms. The predicted octanol–water partition coefficient (Wildman–Crippen LogP) is 2.93. The quantitative estimate of drug-likeness (QED) is 0.301. The first-order valence-electron chi connectivity index (χ1n) is 8.38. The van der Waals surface area contributed by atoms with Crippen molar-refractivity contribution in [2.75, 3.05) is 13.2 Å². The molecule has 162 valence electrons. The number of allylic oxidation sites excluding steroid dienone is 3. The molecule has 10 nitrogen and oxygen atoms in total. The Kier molecular flexibility index (Phi) is 6.64. The third kappa shape index (κ3) is 4.85. The van der Waals surface area contributed by atoms with E-state index in [1.165, 1.54) is 19.9 Å². The molecule has 0 aliphatic carbocycles. The maximum atomic E-state index is 13.6. The number of benzene rings is 1. The fourth-order valence-electron chi connectivity index (χ4n) is 3.13. The lowest BCUT2D eigenvalue weighted by molar-refractivity contribution is -0.757. The number of ether oxygens (including phenoxy) is 1. The molecule has 2 rings (SSSR count). The van der Waals surface area contributed by atoms with Gasteiger partial charge in [0.05, 0.1) is 21.8 Å². The smallest absolute Gasteiger partial charge is 0.416 e. The van der Waals surface area contributed by atoms with Crippen LogP contribution in [0.1, 0.15) is 30.9 Å². The van der Waals surface area contributed by atoms with Crippen LogP contribution >= 0.6 is 0 Å². The molecule has 0 saturated heterocycles. The van der Waals surface area contributed by atoms with E-state index >= 15 is 0 Å². The van der Waals surface area contributed by atoms with Gasteiger partial charge >= 0.3 is 12.1 Å². The van der Waals surface area contributed by atoms with Gasteiger partial charge in [-0.1, -0.05) is 18.2 Å². The van der Waals surface area contributed by atoms with Crippen molar-refractivity contribution in [2.24, 2.45) is 0 Å². The highest BCUT2D eigenvalue weighted by atomic mass is 19.4. The average Bonchev–Trinajstić information content (AvgIpc) is 2.63. The fraction of sp³-hybridized carbons (Fsp3) is 0.353. The molecule has 0 aromatic heterocycles. The first-order chi connectivity index (χ1) is 13.9. The number of dihydropyridines is 1. The minimum Gasteiger partial charge on any atom is -0.460 e. The van der Waals surface area contributed by atoms with E-state index in [0.29, 0.717) is 0 Å². The van der Waals surface area contributed by atoms with Crippen LogP contribution in [0.5, 0.6) is 0 Å². The first kappa shape index (κ1) is 22.6. The van der Waals surface area contributed by atoms with Crippen LogP contribution in [0.15, 0.2) is 46.9 Å². The van der Waals surface area contributed by atoms with Crippen molar-refractivity contribution in [2.45, 2.75) is 25.9 Å². The zero-order chi connectivity index (χ0) is 22.6. The van der Waals surface area contributed by atoms with Crippen LogP contribution in [0.25, 0.3) is 0 Å². The average molecular weight is 431 g/mol. The highest BCUT2D eigenvalue weighted by Crippen LogP contribution is 2.44. The van der Waals surface area contributed by atoms with Crippen molar-refractivity contribution in [3.63, 3.8) is 0 Å². The zero-order valence-corrected chi connectivity index (χ0v) is 15.7. The van der Waals surface area contributed by atoms with Gasteiger partial charge in [-0.05, 0) is 25.5 Å². The molecule has 0 saturated carbocycles. The molecule has 0 spiro atoms. The number of rotatable bonds is 7. The molecular formula is C17H16F3N3O7. The molecule has 1 atom stereocenters. The molecule has 1 aromatic carbocycles. The molecular weight excluding hydrogens is 415 g/mol. The second-order valence-corrected chi connectivity index (χ2v) is 6.14. The van der Waals surface area contributed by atoms with E-state index in [0.717, 1.165) is 18.2 Å². The number of hydrogen-bond acceptors (Lipinski definition) is 8.